The van der Waals surface area contributed by atoms with Crippen LogP contribution in [0.5, 0.6) is 0 Å². The third-order valence-corrected chi connectivity index (χ3v) is 4.88. The molecule has 0 N–H and O–H groups in total. The summed E-state index contributed by atoms with van der Waals surface area (Å²) in [5, 5.41) is 0. The Bertz CT molecular complexity index is 133. The van der Waals surface area contributed by atoms with Crippen molar-refractivity contribution in [2.24, 2.45) is 0 Å². The molecule has 0 rings (SSSR count). The molecular formula is C12H27NS3. The first kappa shape index (κ1) is 17.0. The van der Waals surface area contributed by atoms with Crippen LogP contribution >= 0.6 is 35.3 Å². The lowest BCUT2D eigenvalue weighted by atomic mass is 10.3. The van der Waals surface area contributed by atoms with Crippen molar-refractivity contribution < 1.29 is 0 Å². The normalized spacial score (nSPS) is 11.2. The molecule has 0 aromatic heterocycles. The van der Waals surface area contributed by atoms with Crippen LogP contribution in [0, 0.1) is 0 Å². The Hall–Kier alpha value is 1.01. The minimum absolute atomic E-state index is 1.28. The predicted octanol–water partition coefficient (Wildman–Crippen LogP) is 3.55. The fraction of sp³-hybridized carbons (Fsp3) is 1.00. The van der Waals surface area contributed by atoms with E-state index in [0.29, 0.717) is 0 Å². The maximum absolute atomic E-state index is 2.63. The van der Waals surface area contributed by atoms with E-state index in [1.165, 1.54) is 55.5 Å². The highest BCUT2D eigenvalue weighted by Crippen LogP contribution is 2.06. The Kier molecular flexibility index (Phi) is 15.0. The summed E-state index contributed by atoms with van der Waals surface area (Å²) in [5.74, 6) is 5.22. The van der Waals surface area contributed by atoms with Crippen molar-refractivity contribution in [3.8, 4) is 0 Å². The van der Waals surface area contributed by atoms with Crippen LogP contribution in [0.15, 0.2) is 0 Å². The fourth-order valence-corrected chi connectivity index (χ4v) is 3.67. The lowest BCUT2D eigenvalue weighted by molar-refractivity contribution is 0.293. The van der Waals surface area contributed by atoms with E-state index in [0.717, 1.165) is 0 Å². The van der Waals surface area contributed by atoms with Gasteiger partial charge in [-0.1, -0.05) is 6.92 Å². The van der Waals surface area contributed by atoms with Crippen LogP contribution in [0.4, 0.5) is 0 Å². The Balaban J connectivity index is 3.43. The summed E-state index contributed by atoms with van der Waals surface area (Å²) < 4.78 is 0. The van der Waals surface area contributed by atoms with Crippen LogP contribution in [0.3, 0.4) is 0 Å². The van der Waals surface area contributed by atoms with Crippen molar-refractivity contribution >= 4 is 35.3 Å². The minimum Gasteiger partial charge on any atom is -0.302 e. The first-order valence-electron chi connectivity index (χ1n) is 6.13. The summed E-state index contributed by atoms with van der Waals surface area (Å²) in [6.45, 7) is 6.12. The molecule has 0 aromatic rings. The quantitative estimate of drug-likeness (QED) is 0.503. The van der Waals surface area contributed by atoms with Crippen LogP contribution < -0.4 is 0 Å². The zero-order valence-electron chi connectivity index (χ0n) is 11.0. The van der Waals surface area contributed by atoms with Gasteiger partial charge in [0.05, 0.1) is 0 Å². The predicted molar refractivity (Wildman–Crippen MR) is 85.4 cm³/mol. The van der Waals surface area contributed by atoms with E-state index >= 15 is 0 Å². The van der Waals surface area contributed by atoms with Gasteiger partial charge < -0.3 is 4.90 Å². The number of hydrogen-bond acceptors (Lipinski definition) is 4. The molecule has 0 aliphatic heterocycles. The van der Waals surface area contributed by atoms with Gasteiger partial charge in [-0.05, 0) is 44.2 Å². The zero-order valence-corrected chi connectivity index (χ0v) is 13.5. The topological polar surface area (TPSA) is 3.24 Å². The first-order chi connectivity index (χ1) is 7.85. The second kappa shape index (κ2) is 14.1. The zero-order chi connectivity index (χ0) is 12.1. The van der Waals surface area contributed by atoms with E-state index in [2.05, 4.69) is 36.1 Å². The largest absolute Gasteiger partial charge is 0.302 e. The summed E-state index contributed by atoms with van der Waals surface area (Å²) >= 11 is 6.02. The van der Waals surface area contributed by atoms with Crippen molar-refractivity contribution in [1.82, 2.24) is 4.90 Å². The van der Waals surface area contributed by atoms with Crippen molar-refractivity contribution in [1.29, 1.82) is 0 Å². The van der Waals surface area contributed by atoms with Crippen LogP contribution in [-0.2, 0) is 0 Å². The summed E-state index contributed by atoms with van der Waals surface area (Å²) in [6, 6.07) is 0. The molecule has 0 aromatic carbocycles. The Morgan fingerprint density at radius 1 is 0.812 bits per heavy atom. The number of rotatable bonds is 12. The molecule has 0 saturated carbocycles. The molecule has 98 valence electrons. The molecular weight excluding hydrogens is 254 g/mol. The molecule has 4 heteroatoms. The molecule has 0 atom stereocenters. The molecule has 1 nitrogen and oxygen atoms in total. The minimum atomic E-state index is 1.28. The molecule has 16 heavy (non-hydrogen) atoms. The summed E-state index contributed by atoms with van der Waals surface area (Å²) in [4.78, 5) is 2.63. The van der Waals surface area contributed by atoms with Crippen LogP contribution in [0.25, 0.3) is 0 Å². The molecule has 0 unspecified atom stereocenters. The number of thioether (sulfide) groups is 3. The second-order valence-electron chi connectivity index (χ2n) is 3.79. The van der Waals surface area contributed by atoms with E-state index in [-0.39, 0.29) is 0 Å². The maximum atomic E-state index is 2.63. The lowest BCUT2D eigenvalue weighted by Crippen LogP contribution is -2.28. The first-order valence-corrected chi connectivity index (χ1v) is 10.1. The van der Waals surface area contributed by atoms with Crippen molar-refractivity contribution in [3.63, 3.8) is 0 Å². The third kappa shape index (κ3) is 11.5. The van der Waals surface area contributed by atoms with Crippen molar-refractivity contribution in [2.75, 3.05) is 55.2 Å². The van der Waals surface area contributed by atoms with Crippen LogP contribution in [-0.4, -0.2) is 60.1 Å². The average molecular weight is 282 g/mol. The Morgan fingerprint density at radius 2 is 1.56 bits per heavy atom. The second-order valence-corrected chi connectivity index (χ2v) is 6.99. The van der Waals surface area contributed by atoms with Crippen LogP contribution in [0.2, 0.25) is 0 Å². The molecule has 0 bridgehead atoms. The van der Waals surface area contributed by atoms with Gasteiger partial charge in [0.25, 0.3) is 0 Å². The molecule has 0 saturated heterocycles. The smallest absolute Gasteiger partial charge is 0.00723 e. The lowest BCUT2D eigenvalue weighted by Gasteiger charge is -2.21. The average Bonchev–Trinajstić information content (AvgIpc) is 2.29. The van der Waals surface area contributed by atoms with Gasteiger partial charge in [-0.2, -0.15) is 35.3 Å². The van der Waals surface area contributed by atoms with Gasteiger partial charge in [-0.25, -0.2) is 0 Å². The molecule has 0 radical (unpaired) electrons. The van der Waals surface area contributed by atoms with Gasteiger partial charge in [0.15, 0.2) is 0 Å². The van der Waals surface area contributed by atoms with Gasteiger partial charge in [0, 0.05) is 23.8 Å². The van der Waals surface area contributed by atoms with E-state index in [4.69, 9.17) is 0 Å². The molecule has 0 fully saturated rings. The monoisotopic (exact) mass is 281 g/mol. The molecule has 0 aliphatic carbocycles. The Morgan fingerprint density at radius 3 is 2.19 bits per heavy atom. The summed E-state index contributed by atoms with van der Waals surface area (Å²) in [7, 11) is 0. The van der Waals surface area contributed by atoms with Gasteiger partial charge in [-0.15, -0.1) is 0 Å². The summed E-state index contributed by atoms with van der Waals surface area (Å²) in [6.07, 6.45) is 7.01. The highest BCUT2D eigenvalue weighted by molar-refractivity contribution is 8.02. The molecule has 0 amide bonds. The van der Waals surface area contributed by atoms with Gasteiger partial charge in [-0.3, -0.25) is 0 Å². The van der Waals surface area contributed by atoms with E-state index < -0.39 is 0 Å². The SMILES string of the molecule is CCCN(CCCSC)CCSCCSC. The molecule has 0 heterocycles. The van der Waals surface area contributed by atoms with E-state index in [1.54, 1.807) is 0 Å². The van der Waals surface area contributed by atoms with Gasteiger partial charge >= 0.3 is 0 Å². The molecule has 0 spiro atoms. The highest BCUT2D eigenvalue weighted by atomic mass is 32.2. The standard InChI is InChI=1S/C12H27NS3/c1-4-6-13(7-5-9-14-2)8-10-16-12-11-15-3/h4-12H2,1-3H3. The van der Waals surface area contributed by atoms with Crippen molar-refractivity contribution in [2.45, 2.75) is 19.8 Å². The summed E-state index contributed by atoms with van der Waals surface area (Å²) in [5.41, 5.74) is 0. The Labute approximate surface area is 115 Å². The van der Waals surface area contributed by atoms with E-state index in [9.17, 15) is 0 Å². The third-order valence-electron chi connectivity index (χ3n) is 2.35. The molecule has 0 aliphatic rings. The number of hydrogen-bond donors (Lipinski definition) is 0. The van der Waals surface area contributed by atoms with Gasteiger partial charge in [0.2, 0.25) is 0 Å². The fourth-order valence-electron chi connectivity index (χ4n) is 1.52. The van der Waals surface area contributed by atoms with Gasteiger partial charge in [0.1, 0.15) is 0 Å². The maximum Gasteiger partial charge on any atom is 0.00723 e. The number of nitrogens with zero attached hydrogens (tertiary/aromatic N) is 1. The van der Waals surface area contributed by atoms with E-state index in [1.807, 2.05) is 23.5 Å². The highest BCUT2D eigenvalue weighted by Gasteiger charge is 2.02. The van der Waals surface area contributed by atoms with Crippen molar-refractivity contribution in [3.05, 3.63) is 0 Å². The van der Waals surface area contributed by atoms with Crippen LogP contribution in [0.1, 0.15) is 19.8 Å².